The van der Waals surface area contributed by atoms with Crippen molar-refractivity contribution in [2.45, 2.75) is 19.1 Å². The summed E-state index contributed by atoms with van der Waals surface area (Å²) in [7, 11) is 0. The monoisotopic (exact) mass is 223 g/mol. The van der Waals surface area contributed by atoms with Crippen molar-refractivity contribution in [1.29, 1.82) is 0 Å². The SMILES string of the molecule is CC1COC(CO)CN1c1ncccc1N. The normalized spacial score (nSPS) is 25.8. The lowest BCUT2D eigenvalue weighted by atomic mass is 10.2. The number of nitrogens with zero attached hydrogens (tertiary/aromatic N) is 2. The summed E-state index contributed by atoms with van der Waals surface area (Å²) in [6.07, 6.45) is 1.57. The molecule has 1 fully saturated rings. The van der Waals surface area contributed by atoms with Crippen LogP contribution in [0, 0.1) is 0 Å². The molecule has 1 aliphatic rings. The summed E-state index contributed by atoms with van der Waals surface area (Å²) in [6.45, 7) is 3.29. The molecule has 5 nitrogen and oxygen atoms in total. The maximum absolute atomic E-state index is 9.11. The van der Waals surface area contributed by atoms with E-state index in [4.69, 9.17) is 15.6 Å². The smallest absolute Gasteiger partial charge is 0.152 e. The van der Waals surface area contributed by atoms with E-state index in [-0.39, 0.29) is 18.8 Å². The fraction of sp³-hybridized carbons (Fsp3) is 0.545. The molecule has 5 heteroatoms. The van der Waals surface area contributed by atoms with Crippen LogP contribution in [0.1, 0.15) is 6.92 Å². The van der Waals surface area contributed by atoms with E-state index in [1.54, 1.807) is 6.20 Å². The molecule has 0 bridgehead atoms. The maximum Gasteiger partial charge on any atom is 0.152 e. The number of hydrogen-bond donors (Lipinski definition) is 2. The van der Waals surface area contributed by atoms with Crippen LogP contribution in [0.3, 0.4) is 0 Å². The van der Waals surface area contributed by atoms with Gasteiger partial charge in [-0.1, -0.05) is 0 Å². The van der Waals surface area contributed by atoms with Crippen molar-refractivity contribution < 1.29 is 9.84 Å². The van der Waals surface area contributed by atoms with Crippen LogP contribution in [0.5, 0.6) is 0 Å². The second kappa shape index (κ2) is 4.67. The molecule has 0 spiro atoms. The van der Waals surface area contributed by atoms with Crippen molar-refractivity contribution >= 4 is 11.5 Å². The fourth-order valence-corrected chi connectivity index (χ4v) is 1.87. The van der Waals surface area contributed by atoms with Crippen LogP contribution in [0.15, 0.2) is 18.3 Å². The number of pyridine rings is 1. The van der Waals surface area contributed by atoms with Gasteiger partial charge in [0, 0.05) is 12.7 Å². The Morgan fingerprint density at radius 2 is 2.50 bits per heavy atom. The van der Waals surface area contributed by atoms with Crippen LogP contribution < -0.4 is 10.6 Å². The summed E-state index contributed by atoms with van der Waals surface area (Å²) in [5, 5.41) is 9.11. The lowest BCUT2D eigenvalue weighted by Gasteiger charge is -2.38. The van der Waals surface area contributed by atoms with E-state index in [0.717, 1.165) is 5.82 Å². The zero-order chi connectivity index (χ0) is 11.5. The van der Waals surface area contributed by atoms with Gasteiger partial charge in [-0.15, -0.1) is 0 Å². The molecule has 0 aromatic carbocycles. The van der Waals surface area contributed by atoms with Gasteiger partial charge in [0.1, 0.15) is 0 Å². The molecule has 1 saturated heterocycles. The van der Waals surface area contributed by atoms with Gasteiger partial charge >= 0.3 is 0 Å². The molecular weight excluding hydrogens is 206 g/mol. The van der Waals surface area contributed by atoms with Gasteiger partial charge in [0.2, 0.25) is 0 Å². The van der Waals surface area contributed by atoms with Crippen LogP contribution in [0.25, 0.3) is 0 Å². The lowest BCUT2D eigenvalue weighted by molar-refractivity contribution is -0.0105. The Balaban J connectivity index is 2.21. The molecule has 0 saturated carbocycles. The average Bonchev–Trinajstić information content (AvgIpc) is 2.31. The van der Waals surface area contributed by atoms with Crippen molar-refractivity contribution in [3.63, 3.8) is 0 Å². The van der Waals surface area contributed by atoms with E-state index in [2.05, 4.69) is 16.8 Å². The first-order valence-corrected chi connectivity index (χ1v) is 5.42. The average molecular weight is 223 g/mol. The van der Waals surface area contributed by atoms with Crippen molar-refractivity contribution in [2.24, 2.45) is 0 Å². The number of hydrogen-bond acceptors (Lipinski definition) is 5. The van der Waals surface area contributed by atoms with Crippen molar-refractivity contribution in [3.8, 4) is 0 Å². The van der Waals surface area contributed by atoms with Crippen LogP contribution in [0.2, 0.25) is 0 Å². The minimum absolute atomic E-state index is 0.0238. The molecule has 1 aliphatic heterocycles. The maximum atomic E-state index is 9.11. The number of aliphatic hydroxyl groups is 1. The molecular formula is C11H17N3O2. The number of rotatable bonds is 2. The van der Waals surface area contributed by atoms with Crippen LogP contribution in [-0.4, -0.2) is 42.0 Å². The molecule has 1 aromatic rings. The van der Waals surface area contributed by atoms with E-state index in [0.29, 0.717) is 18.8 Å². The molecule has 2 atom stereocenters. The largest absolute Gasteiger partial charge is 0.396 e. The summed E-state index contributed by atoms with van der Waals surface area (Å²) < 4.78 is 5.47. The Hall–Kier alpha value is -1.33. The zero-order valence-electron chi connectivity index (χ0n) is 9.34. The molecule has 2 unspecified atom stereocenters. The van der Waals surface area contributed by atoms with Crippen molar-refractivity contribution in [2.75, 3.05) is 30.4 Å². The molecule has 3 N–H and O–H groups in total. The summed E-state index contributed by atoms with van der Waals surface area (Å²) in [5.41, 5.74) is 6.55. The predicted molar refractivity (Wildman–Crippen MR) is 62.3 cm³/mol. The number of ether oxygens (including phenoxy) is 1. The van der Waals surface area contributed by atoms with Gasteiger partial charge in [-0.2, -0.15) is 0 Å². The molecule has 88 valence electrons. The number of aliphatic hydroxyl groups excluding tert-OH is 1. The van der Waals surface area contributed by atoms with Gasteiger partial charge in [0.05, 0.1) is 31.0 Å². The summed E-state index contributed by atoms with van der Waals surface area (Å²) in [5.74, 6) is 0.775. The van der Waals surface area contributed by atoms with Gasteiger partial charge < -0.3 is 20.5 Å². The molecule has 16 heavy (non-hydrogen) atoms. The Bertz CT molecular complexity index is 359. The van der Waals surface area contributed by atoms with E-state index < -0.39 is 0 Å². The third-order valence-electron chi connectivity index (χ3n) is 2.80. The quantitative estimate of drug-likeness (QED) is 0.752. The minimum atomic E-state index is -0.155. The first-order valence-electron chi connectivity index (χ1n) is 5.42. The third-order valence-corrected chi connectivity index (χ3v) is 2.80. The number of aromatic nitrogens is 1. The Morgan fingerprint density at radius 3 is 3.19 bits per heavy atom. The van der Waals surface area contributed by atoms with Gasteiger partial charge in [0.15, 0.2) is 5.82 Å². The number of nitrogens with two attached hydrogens (primary N) is 1. The predicted octanol–water partition coefficient (Wildman–Crippen LogP) is 0.250. The van der Waals surface area contributed by atoms with E-state index in [1.165, 1.54) is 0 Å². The van der Waals surface area contributed by atoms with E-state index in [9.17, 15) is 0 Å². The van der Waals surface area contributed by atoms with E-state index >= 15 is 0 Å². The molecule has 0 amide bonds. The number of nitrogen functional groups attached to an aromatic ring is 1. The van der Waals surface area contributed by atoms with Crippen LogP contribution in [0.4, 0.5) is 11.5 Å². The molecule has 0 aliphatic carbocycles. The number of morpholine rings is 1. The van der Waals surface area contributed by atoms with Gasteiger partial charge in [-0.3, -0.25) is 0 Å². The standard InChI is InChI=1S/C11H17N3O2/c1-8-7-16-9(6-15)5-14(8)11-10(12)3-2-4-13-11/h2-4,8-9,15H,5-7,12H2,1H3. The second-order valence-electron chi connectivity index (χ2n) is 4.06. The van der Waals surface area contributed by atoms with E-state index in [1.807, 2.05) is 12.1 Å². The highest BCUT2D eigenvalue weighted by Gasteiger charge is 2.27. The number of anilines is 2. The van der Waals surface area contributed by atoms with Crippen molar-refractivity contribution in [1.82, 2.24) is 4.98 Å². The first-order chi connectivity index (χ1) is 7.72. The first kappa shape index (κ1) is 11.2. The summed E-state index contributed by atoms with van der Waals surface area (Å²) >= 11 is 0. The second-order valence-corrected chi connectivity index (χ2v) is 4.06. The van der Waals surface area contributed by atoms with Gasteiger partial charge in [-0.25, -0.2) is 4.98 Å². The lowest BCUT2D eigenvalue weighted by Crippen LogP contribution is -2.50. The topological polar surface area (TPSA) is 71.6 Å². The Labute approximate surface area is 94.8 Å². The Kier molecular flexibility index (Phi) is 3.26. The highest BCUT2D eigenvalue weighted by Crippen LogP contribution is 2.24. The minimum Gasteiger partial charge on any atom is -0.396 e. The van der Waals surface area contributed by atoms with Gasteiger partial charge in [-0.05, 0) is 19.1 Å². The summed E-state index contributed by atoms with van der Waals surface area (Å²) in [4.78, 5) is 6.37. The fourth-order valence-electron chi connectivity index (χ4n) is 1.87. The molecule has 2 heterocycles. The van der Waals surface area contributed by atoms with Crippen molar-refractivity contribution in [3.05, 3.63) is 18.3 Å². The zero-order valence-corrected chi connectivity index (χ0v) is 9.34. The summed E-state index contributed by atoms with van der Waals surface area (Å²) in [6, 6.07) is 3.87. The van der Waals surface area contributed by atoms with Crippen LogP contribution in [-0.2, 0) is 4.74 Å². The molecule has 1 aromatic heterocycles. The highest BCUT2D eigenvalue weighted by molar-refractivity contribution is 5.62. The Morgan fingerprint density at radius 1 is 1.69 bits per heavy atom. The molecule has 2 rings (SSSR count). The van der Waals surface area contributed by atoms with Crippen LogP contribution >= 0.6 is 0 Å². The van der Waals surface area contributed by atoms with Gasteiger partial charge in [0.25, 0.3) is 0 Å². The molecule has 0 radical (unpaired) electrons. The third kappa shape index (κ3) is 2.10. The highest BCUT2D eigenvalue weighted by atomic mass is 16.5.